The molecule has 1 aliphatic rings. The van der Waals surface area contributed by atoms with Crippen LogP contribution in [0, 0.1) is 6.92 Å². The summed E-state index contributed by atoms with van der Waals surface area (Å²) in [6.07, 6.45) is 4.14. The van der Waals surface area contributed by atoms with Crippen molar-refractivity contribution in [2.24, 2.45) is 0 Å². The summed E-state index contributed by atoms with van der Waals surface area (Å²) in [5.41, 5.74) is 4.09. The monoisotopic (exact) mass is 366 g/mol. The topological polar surface area (TPSA) is 39.7 Å². The second kappa shape index (κ2) is 8.89. The summed E-state index contributed by atoms with van der Waals surface area (Å²) in [5.74, 6) is 0.0293. The maximum atomic E-state index is 12.8. The molecule has 0 spiro atoms. The second-order valence-corrected chi connectivity index (χ2v) is 7.29. The van der Waals surface area contributed by atoms with Gasteiger partial charge in [-0.25, -0.2) is 4.98 Å². The number of benzene rings is 1. The Labute approximate surface area is 162 Å². The lowest BCUT2D eigenvalue weighted by atomic mass is 10.2. The Kier molecular flexibility index (Phi) is 6.32. The van der Waals surface area contributed by atoms with Gasteiger partial charge in [-0.3, -0.25) is 4.79 Å². The first kappa shape index (κ1) is 19.2. The Hall–Kier alpha value is -2.56. The van der Waals surface area contributed by atoms with Gasteiger partial charge in [0.25, 0.3) is 5.91 Å². The number of amides is 1. The highest BCUT2D eigenvalue weighted by atomic mass is 16.2. The van der Waals surface area contributed by atoms with Crippen LogP contribution < -0.4 is 9.80 Å². The lowest BCUT2D eigenvalue weighted by Crippen LogP contribution is -2.49. The van der Waals surface area contributed by atoms with Gasteiger partial charge in [0, 0.05) is 45.5 Å². The molecule has 0 saturated carbocycles. The van der Waals surface area contributed by atoms with E-state index in [1.807, 2.05) is 23.2 Å². The largest absolute Gasteiger partial charge is 0.373 e. The molecule has 1 aromatic carbocycles. The van der Waals surface area contributed by atoms with Crippen LogP contribution in [-0.2, 0) is 0 Å². The van der Waals surface area contributed by atoms with Gasteiger partial charge in [-0.05, 0) is 43.2 Å². The molecule has 0 aliphatic carbocycles. The third kappa shape index (κ3) is 4.79. The van der Waals surface area contributed by atoms with E-state index in [0.717, 1.165) is 44.8 Å². The minimum atomic E-state index is 0.0293. The van der Waals surface area contributed by atoms with Crippen LogP contribution in [0.2, 0.25) is 0 Å². The summed E-state index contributed by atoms with van der Waals surface area (Å²) in [5, 5.41) is 0. The molecule has 1 fully saturated rings. The van der Waals surface area contributed by atoms with E-state index in [1.54, 1.807) is 0 Å². The van der Waals surface area contributed by atoms with Crippen molar-refractivity contribution >= 4 is 17.3 Å². The summed E-state index contributed by atoms with van der Waals surface area (Å²) in [4.78, 5) is 23.6. The van der Waals surface area contributed by atoms with Crippen LogP contribution in [-0.4, -0.2) is 55.6 Å². The van der Waals surface area contributed by atoms with E-state index < -0.39 is 0 Å². The number of unbranched alkanes of at least 4 members (excludes halogenated alkanes) is 1. The van der Waals surface area contributed by atoms with E-state index in [2.05, 4.69) is 59.9 Å². The van der Waals surface area contributed by atoms with Crippen molar-refractivity contribution in [3.8, 4) is 0 Å². The number of hydrogen-bond acceptors (Lipinski definition) is 4. The lowest BCUT2D eigenvalue weighted by Gasteiger charge is -2.36. The number of hydrogen-bond donors (Lipinski definition) is 0. The number of carbonyl (C=O) groups excluding carboxylic acids is 1. The zero-order chi connectivity index (χ0) is 19.2. The molecule has 1 aliphatic heterocycles. The highest BCUT2D eigenvalue weighted by molar-refractivity contribution is 5.92. The predicted molar refractivity (Wildman–Crippen MR) is 112 cm³/mol. The Morgan fingerprint density at radius 1 is 1.15 bits per heavy atom. The molecule has 1 saturated heterocycles. The number of pyridine rings is 1. The zero-order valence-corrected chi connectivity index (χ0v) is 16.7. The molecule has 1 amide bonds. The number of aromatic nitrogens is 1. The van der Waals surface area contributed by atoms with Crippen LogP contribution in [0.15, 0.2) is 42.6 Å². The third-order valence-electron chi connectivity index (χ3n) is 5.19. The molecule has 3 rings (SSSR count). The Balaban J connectivity index is 1.57. The molecular formula is C22H30N4O. The summed E-state index contributed by atoms with van der Waals surface area (Å²) >= 11 is 0. The van der Waals surface area contributed by atoms with E-state index in [0.29, 0.717) is 5.69 Å². The van der Waals surface area contributed by atoms with Crippen molar-refractivity contribution < 1.29 is 4.79 Å². The quantitative estimate of drug-likeness (QED) is 0.783. The minimum Gasteiger partial charge on any atom is -0.373 e. The normalized spacial score (nSPS) is 14.3. The first-order valence-electron chi connectivity index (χ1n) is 9.86. The minimum absolute atomic E-state index is 0.0293. The van der Waals surface area contributed by atoms with Gasteiger partial charge >= 0.3 is 0 Å². The first-order valence-corrected chi connectivity index (χ1v) is 9.86. The Morgan fingerprint density at radius 3 is 2.56 bits per heavy atom. The molecular weight excluding hydrogens is 336 g/mol. The van der Waals surface area contributed by atoms with Crippen molar-refractivity contribution in [3.05, 3.63) is 53.9 Å². The van der Waals surface area contributed by atoms with Gasteiger partial charge in [0.15, 0.2) is 0 Å². The average Bonchev–Trinajstić information content (AvgIpc) is 2.71. The van der Waals surface area contributed by atoms with Crippen LogP contribution in [0.3, 0.4) is 0 Å². The number of piperazine rings is 1. The van der Waals surface area contributed by atoms with Crippen LogP contribution >= 0.6 is 0 Å². The van der Waals surface area contributed by atoms with E-state index in [1.165, 1.54) is 17.7 Å². The zero-order valence-electron chi connectivity index (χ0n) is 16.7. The highest BCUT2D eigenvalue weighted by Gasteiger charge is 2.23. The second-order valence-electron chi connectivity index (χ2n) is 7.29. The SMILES string of the molecule is CCCCN(C)c1ccc(C(=O)N2CCN(c3cccc(C)c3)CC2)nc1. The molecule has 0 atom stereocenters. The highest BCUT2D eigenvalue weighted by Crippen LogP contribution is 2.19. The van der Waals surface area contributed by atoms with E-state index in [4.69, 9.17) is 0 Å². The summed E-state index contributed by atoms with van der Waals surface area (Å²) < 4.78 is 0. The van der Waals surface area contributed by atoms with Gasteiger partial charge in [0.05, 0.1) is 11.9 Å². The van der Waals surface area contributed by atoms with Gasteiger partial charge < -0.3 is 14.7 Å². The Morgan fingerprint density at radius 2 is 1.93 bits per heavy atom. The fraction of sp³-hybridized carbons (Fsp3) is 0.455. The molecule has 5 heteroatoms. The van der Waals surface area contributed by atoms with Crippen molar-refractivity contribution in [2.45, 2.75) is 26.7 Å². The number of carbonyl (C=O) groups is 1. The predicted octanol–water partition coefficient (Wildman–Crippen LogP) is 3.59. The van der Waals surface area contributed by atoms with Gasteiger partial charge in [0.2, 0.25) is 0 Å². The summed E-state index contributed by atoms with van der Waals surface area (Å²) in [7, 11) is 2.07. The lowest BCUT2D eigenvalue weighted by molar-refractivity contribution is 0.0741. The maximum Gasteiger partial charge on any atom is 0.272 e. The maximum absolute atomic E-state index is 12.8. The molecule has 1 aromatic heterocycles. The van der Waals surface area contributed by atoms with Gasteiger partial charge in [-0.15, -0.1) is 0 Å². The number of rotatable bonds is 6. The molecule has 2 aromatic rings. The van der Waals surface area contributed by atoms with Crippen molar-refractivity contribution in [1.29, 1.82) is 0 Å². The molecule has 0 unspecified atom stereocenters. The fourth-order valence-electron chi connectivity index (χ4n) is 3.42. The number of nitrogens with zero attached hydrogens (tertiary/aromatic N) is 4. The standard InChI is InChI=1S/C22H30N4O/c1-4-5-11-24(3)20-9-10-21(23-17-20)22(27)26-14-12-25(13-15-26)19-8-6-7-18(2)16-19/h6-10,16-17H,4-5,11-15H2,1-3H3. The molecule has 5 nitrogen and oxygen atoms in total. The Bertz CT molecular complexity index is 751. The van der Waals surface area contributed by atoms with Crippen molar-refractivity contribution in [3.63, 3.8) is 0 Å². The molecule has 2 heterocycles. The first-order chi connectivity index (χ1) is 13.1. The number of anilines is 2. The van der Waals surface area contributed by atoms with Gasteiger partial charge in [0.1, 0.15) is 5.69 Å². The molecule has 0 N–H and O–H groups in total. The molecule has 144 valence electrons. The van der Waals surface area contributed by atoms with Crippen LogP contribution in [0.1, 0.15) is 35.8 Å². The summed E-state index contributed by atoms with van der Waals surface area (Å²) in [6, 6.07) is 12.4. The van der Waals surface area contributed by atoms with E-state index in [9.17, 15) is 4.79 Å². The van der Waals surface area contributed by atoms with Crippen molar-refractivity contribution in [2.75, 3.05) is 49.6 Å². The summed E-state index contributed by atoms with van der Waals surface area (Å²) in [6.45, 7) is 8.47. The molecule has 27 heavy (non-hydrogen) atoms. The van der Waals surface area contributed by atoms with Crippen LogP contribution in [0.25, 0.3) is 0 Å². The molecule has 0 radical (unpaired) electrons. The number of aryl methyl sites for hydroxylation is 1. The average molecular weight is 367 g/mol. The molecule has 0 bridgehead atoms. The van der Waals surface area contributed by atoms with E-state index >= 15 is 0 Å². The van der Waals surface area contributed by atoms with E-state index in [-0.39, 0.29) is 5.91 Å². The van der Waals surface area contributed by atoms with Crippen LogP contribution in [0.5, 0.6) is 0 Å². The smallest absolute Gasteiger partial charge is 0.272 e. The van der Waals surface area contributed by atoms with Crippen LogP contribution in [0.4, 0.5) is 11.4 Å². The van der Waals surface area contributed by atoms with Crippen molar-refractivity contribution in [1.82, 2.24) is 9.88 Å². The van der Waals surface area contributed by atoms with Gasteiger partial charge in [-0.1, -0.05) is 25.5 Å². The van der Waals surface area contributed by atoms with Gasteiger partial charge in [-0.2, -0.15) is 0 Å². The third-order valence-corrected chi connectivity index (χ3v) is 5.19. The fourth-order valence-corrected chi connectivity index (χ4v) is 3.42.